The van der Waals surface area contributed by atoms with Crippen molar-refractivity contribution in [3.05, 3.63) is 23.3 Å². The molecule has 0 heterocycles. The summed E-state index contributed by atoms with van der Waals surface area (Å²) in [6, 6.07) is 0. The molecule has 0 aromatic rings. The molecule has 3 nitrogen and oxygen atoms in total. The third-order valence-corrected chi connectivity index (χ3v) is 9.75. The van der Waals surface area contributed by atoms with E-state index < -0.39 is 0 Å². The van der Waals surface area contributed by atoms with Crippen molar-refractivity contribution in [2.75, 3.05) is 0 Å². The van der Waals surface area contributed by atoms with Gasteiger partial charge in [-0.05, 0) is 105 Å². The first-order chi connectivity index (χ1) is 14.1. The van der Waals surface area contributed by atoms with E-state index in [0.717, 1.165) is 37.7 Å². The van der Waals surface area contributed by atoms with E-state index in [1.807, 2.05) is 13.8 Å². The third kappa shape index (κ3) is 3.54. The number of carbonyl (C=O) groups is 1. The van der Waals surface area contributed by atoms with Gasteiger partial charge in [0.15, 0.2) is 5.78 Å². The van der Waals surface area contributed by atoms with Crippen molar-refractivity contribution in [1.82, 2.24) is 0 Å². The zero-order chi connectivity index (χ0) is 21.8. The Labute approximate surface area is 183 Å². The Bertz CT molecular complexity index is 747. The maximum absolute atomic E-state index is 12.4. The van der Waals surface area contributed by atoms with Crippen LogP contribution in [0.3, 0.4) is 0 Å². The molecule has 4 aliphatic rings. The highest BCUT2D eigenvalue weighted by atomic mass is 16.3. The van der Waals surface area contributed by atoms with E-state index in [2.05, 4.69) is 26.8 Å². The zero-order valence-corrected chi connectivity index (χ0v) is 19.7. The lowest BCUT2D eigenvalue weighted by atomic mass is 9.47. The monoisotopic (exact) mass is 414 g/mol. The molecule has 3 saturated carbocycles. The molecule has 0 saturated heterocycles. The Morgan fingerprint density at radius 2 is 1.90 bits per heavy atom. The van der Waals surface area contributed by atoms with Gasteiger partial charge in [-0.25, -0.2) is 0 Å². The minimum Gasteiger partial charge on any atom is -0.393 e. The summed E-state index contributed by atoms with van der Waals surface area (Å²) in [7, 11) is 0. The molecule has 0 spiro atoms. The molecule has 4 aliphatic carbocycles. The number of aliphatic hydroxyl groups is 2. The van der Waals surface area contributed by atoms with Crippen LogP contribution in [-0.2, 0) is 4.79 Å². The van der Waals surface area contributed by atoms with Crippen molar-refractivity contribution in [2.45, 2.75) is 98.2 Å². The van der Waals surface area contributed by atoms with E-state index in [4.69, 9.17) is 0 Å². The van der Waals surface area contributed by atoms with Gasteiger partial charge >= 0.3 is 0 Å². The Balaban J connectivity index is 1.58. The summed E-state index contributed by atoms with van der Waals surface area (Å²) in [4.78, 5) is 12.4. The minimum absolute atomic E-state index is 0.0476. The molecule has 6 unspecified atom stereocenters. The number of fused-ring (bicyclic) bond motifs is 5. The average molecular weight is 415 g/mol. The molecule has 3 heteroatoms. The first kappa shape index (κ1) is 22.3. The third-order valence-electron chi connectivity index (χ3n) is 9.75. The molecular weight excluding hydrogens is 372 g/mol. The highest BCUT2D eigenvalue weighted by Gasteiger charge is 2.59. The van der Waals surface area contributed by atoms with Crippen LogP contribution >= 0.6 is 0 Å². The quantitative estimate of drug-likeness (QED) is 0.474. The van der Waals surface area contributed by atoms with E-state index >= 15 is 0 Å². The predicted molar refractivity (Wildman–Crippen MR) is 121 cm³/mol. The maximum atomic E-state index is 12.4. The summed E-state index contributed by atoms with van der Waals surface area (Å²) in [6.45, 7) is 11.1. The second kappa shape index (κ2) is 7.89. The van der Waals surface area contributed by atoms with Gasteiger partial charge in [0.25, 0.3) is 0 Å². The summed E-state index contributed by atoms with van der Waals surface area (Å²) in [5.74, 6) is 2.53. The van der Waals surface area contributed by atoms with Crippen LogP contribution in [0.25, 0.3) is 0 Å². The lowest BCUT2D eigenvalue weighted by molar-refractivity contribution is -0.116. The van der Waals surface area contributed by atoms with Gasteiger partial charge in [-0.3, -0.25) is 4.79 Å². The fourth-order valence-electron chi connectivity index (χ4n) is 8.37. The Hall–Kier alpha value is -0.930. The lowest BCUT2D eigenvalue weighted by Gasteiger charge is -2.58. The van der Waals surface area contributed by atoms with Gasteiger partial charge in [0.1, 0.15) is 0 Å². The molecule has 2 N–H and O–H groups in total. The van der Waals surface area contributed by atoms with Gasteiger partial charge in [-0.15, -0.1) is 0 Å². The van der Waals surface area contributed by atoms with Crippen LogP contribution in [0.1, 0.15) is 86.0 Å². The molecule has 0 aromatic carbocycles. The molecule has 0 aliphatic heterocycles. The number of hydrogen-bond donors (Lipinski definition) is 2. The van der Waals surface area contributed by atoms with E-state index in [9.17, 15) is 15.0 Å². The standard InChI is InChI=1S/C27H42O3/c1-16(2)12-19(29)13-17(3)21-6-7-22-20-15-25(30)24-14-18(28)8-10-27(24,5)23(20)9-11-26(21,22)4/h9,12,17-18,20-22,24-25,28,30H,6-8,10-11,13-15H2,1-5H3/t17?,18-,20?,21?,22?,24+,25-,26?,27?/m0/s1. The zero-order valence-electron chi connectivity index (χ0n) is 19.7. The SMILES string of the molecule is CC(C)=CC(=O)CC(C)C1CCC2C3C[C@H](O)[C@H]4C[C@@H](O)CCC4(C)C3=CCC12C. The molecule has 0 bridgehead atoms. The highest BCUT2D eigenvalue weighted by Crippen LogP contribution is 2.66. The largest absolute Gasteiger partial charge is 0.393 e. The number of aliphatic hydroxyl groups excluding tert-OH is 2. The Morgan fingerprint density at radius 3 is 2.60 bits per heavy atom. The summed E-state index contributed by atoms with van der Waals surface area (Å²) < 4.78 is 0. The van der Waals surface area contributed by atoms with Crippen molar-refractivity contribution in [2.24, 2.45) is 40.4 Å². The van der Waals surface area contributed by atoms with E-state index in [0.29, 0.717) is 30.1 Å². The van der Waals surface area contributed by atoms with Crippen LogP contribution in [0.5, 0.6) is 0 Å². The smallest absolute Gasteiger partial charge is 0.155 e. The van der Waals surface area contributed by atoms with Gasteiger partial charge in [0.2, 0.25) is 0 Å². The topological polar surface area (TPSA) is 57.5 Å². The predicted octanol–water partition coefficient (Wildman–Crippen LogP) is 5.46. The second-order valence-electron chi connectivity index (χ2n) is 11.9. The number of allylic oxidation sites excluding steroid dienone is 4. The van der Waals surface area contributed by atoms with Crippen molar-refractivity contribution in [3.8, 4) is 0 Å². The molecule has 30 heavy (non-hydrogen) atoms. The molecule has 3 fully saturated rings. The maximum Gasteiger partial charge on any atom is 0.155 e. The highest BCUT2D eigenvalue weighted by molar-refractivity contribution is 5.90. The molecule has 0 amide bonds. The van der Waals surface area contributed by atoms with E-state index in [1.54, 1.807) is 11.6 Å². The summed E-state index contributed by atoms with van der Waals surface area (Å²) >= 11 is 0. The fraction of sp³-hybridized carbons (Fsp3) is 0.815. The van der Waals surface area contributed by atoms with Crippen molar-refractivity contribution in [3.63, 3.8) is 0 Å². The molecule has 0 radical (unpaired) electrons. The average Bonchev–Trinajstić information content (AvgIpc) is 3.00. The van der Waals surface area contributed by atoms with Crippen molar-refractivity contribution < 1.29 is 15.0 Å². The second-order valence-corrected chi connectivity index (χ2v) is 11.9. The number of hydrogen-bond acceptors (Lipinski definition) is 3. The van der Waals surface area contributed by atoms with Gasteiger partial charge in [0.05, 0.1) is 12.2 Å². The first-order valence-electron chi connectivity index (χ1n) is 12.3. The molecular formula is C27H42O3. The van der Waals surface area contributed by atoms with E-state index in [-0.39, 0.29) is 34.7 Å². The van der Waals surface area contributed by atoms with Gasteiger partial charge < -0.3 is 10.2 Å². The van der Waals surface area contributed by atoms with Crippen LogP contribution < -0.4 is 0 Å². The van der Waals surface area contributed by atoms with Gasteiger partial charge in [0, 0.05) is 6.42 Å². The van der Waals surface area contributed by atoms with E-state index in [1.165, 1.54) is 12.8 Å². The van der Waals surface area contributed by atoms with Crippen LogP contribution in [-0.4, -0.2) is 28.2 Å². The Kier molecular flexibility index (Phi) is 5.85. The number of carbonyl (C=O) groups excluding carboxylic acids is 1. The molecule has 168 valence electrons. The van der Waals surface area contributed by atoms with Crippen molar-refractivity contribution in [1.29, 1.82) is 0 Å². The summed E-state index contributed by atoms with van der Waals surface area (Å²) in [6.07, 6.45) is 11.4. The summed E-state index contributed by atoms with van der Waals surface area (Å²) in [5, 5.41) is 21.3. The molecule has 9 atom stereocenters. The van der Waals surface area contributed by atoms with Gasteiger partial charge in [-0.2, -0.15) is 0 Å². The first-order valence-corrected chi connectivity index (χ1v) is 12.3. The van der Waals surface area contributed by atoms with Gasteiger partial charge in [-0.1, -0.05) is 38.0 Å². The van der Waals surface area contributed by atoms with Crippen LogP contribution in [0.15, 0.2) is 23.3 Å². The minimum atomic E-state index is -0.301. The molecule has 0 aromatic heterocycles. The van der Waals surface area contributed by atoms with Crippen LogP contribution in [0, 0.1) is 40.4 Å². The Morgan fingerprint density at radius 1 is 1.17 bits per heavy atom. The lowest BCUT2D eigenvalue weighted by Crippen LogP contribution is -2.53. The van der Waals surface area contributed by atoms with Crippen LogP contribution in [0.4, 0.5) is 0 Å². The molecule has 4 rings (SSSR count). The summed E-state index contributed by atoms with van der Waals surface area (Å²) in [5.41, 5.74) is 2.97. The number of ketones is 1. The van der Waals surface area contributed by atoms with Crippen molar-refractivity contribution >= 4 is 5.78 Å². The number of rotatable bonds is 4. The normalized spacial score (nSPS) is 46.2. The van der Waals surface area contributed by atoms with Crippen LogP contribution in [0.2, 0.25) is 0 Å². The fourth-order valence-corrected chi connectivity index (χ4v) is 8.37.